The molecule has 86 valence electrons. The van der Waals surface area contributed by atoms with Crippen LogP contribution in [0.4, 0.5) is 0 Å². The fourth-order valence-electron chi connectivity index (χ4n) is 2.13. The van der Waals surface area contributed by atoms with Crippen molar-refractivity contribution in [3.8, 4) is 0 Å². The first-order valence-electron chi connectivity index (χ1n) is 5.78. The van der Waals surface area contributed by atoms with Gasteiger partial charge >= 0.3 is 0 Å². The zero-order chi connectivity index (χ0) is 11.6. The molecule has 1 heterocycles. The van der Waals surface area contributed by atoms with Gasteiger partial charge in [-0.3, -0.25) is 0 Å². The maximum Gasteiger partial charge on any atom is 0.177 e. The summed E-state index contributed by atoms with van der Waals surface area (Å²) in [6, 6.07) is 0.515. The molecule has 1 N–H and O–H groups in total. The van der Waals surface area contributed by atoms with Crippen molar-refractivity contribution in [3.05, 3.63) is 16.7 Å². The highest BCUT2D eigenvalue weighted by atomic mass is 32.1. The van der Waals surface area contributed by atoms with Crippen LogP contribution in [0.25, 0.3) is 0 Å². The monoisotopic (exact) mass is 226 g/mol. The molecule has 15 heavy (non-hydrogen) atoms. The molecule has 1 unspecified atom stereocenters. The van der Waals surface area contributed by atoms with Crippen molar-refractivity contribution in [2.45, 2.75) is 53.0 Å². The summed E-state index contributed by atoms with van der Waals surface area (Å²) in [6.07, 6.45) is 3.18. The number of imidazole rings is 1. The molecular formula is C12H22N2S. The number of nitrogens with one attached hydrogen (secondary N) is 1. The maximum atomic E-state index is 5.36. The number of aromatic nitrogens is 2. The van der Waals surface area contributed by atoms with Crippen molar-refractivity contribution >= 4 is 12.2 Å². The highest BCUT2D eigenvalue weighted by Crippen LogP contribution is 2.27. The second kappa shape index (κ2) is 4.97. The quantitative estimate of drug-likeness (QED) is 0.760. The fraction of sp³-hybridized carbons (Fsp3) is 0.750. The van der Waals surface area contributed by atoms with Crippen molar-refractivity contribution in [2.75, 3.05) is 0 Å². The predicted octanol–water partition coefficient (Wildman–Crippen LogP) is 4.28. The Kier molecular flexibility index (Phi) is 4.14. The first kappa shape index (κ1) is 12.5. The van der Waals surface area contributed by atoms with E-state index in [-0.39, 0.29) is 0 Å². The third-order valence-corrected chi connectivity index (χ3v) is 3.27. The lowest BCUT2D eigenvalue weighted by molar-refractivity contribution is 0.351. The molecule has 3 heteroatoms. The van der Waals surface area contributed by atoms with E-state index >= 15 is 0 Å². The van der Waals surface area contributed by atoms with Crippen LogP contribution in [0.15, 0.2) is 6.20 Å². The number of H-pyrrole nitrogens is 1. The Labute approximate surface area is 97.7 Å². The van der Waals surface area contributed by atoms with Gasteiger partial charge in [0.25, 0.3) is 0 Å². The third kappa shape index (κ3) is 2.51. The van der Waals surface area contributed by atoms with Gasteiger partial charge in [0.1, 0.15) is 0 Å². The average molecular weight is 226 g/mol. The van der Waals surface area contributed by atoms with Crippen LogP contribution in [0, 0.1) is 10.7 Å². The lowest BCUT2D eigenvalue weighted by Gasteiger charge is -2.24. The molecule has 0 aromatic carbocycles. The predicted molar refractivity (Wildman–Crippen MR) is 67.9 cm³/mol. The Morgan fingerprint density at radius 2 is 1.93 bits per heavy atom. The first-order chi connectivity index (χ1) is 6.99. The largest absolute Gasteiger partial charge is 0.337 e. The highest BCUT2D eigenvalue weighted by Gasteiger charge is 2.18. The van der Waals surface area contributed by atoms with Crippen molar-refractivity contribution in [1.29, 1.82) is 0 Å². The molecule has 0 aliphatic carbocycles. The number of rotatable bonds is 4. The van der Waals surface area contributed by atoms with Crippen LogP contribution in [-0.4, -0.2) is 9.55 Å². The van der Waals surface area contributed by atoms with Crippen LogP contribution >= 0.6 is 12.2 Å². The van der Waals surface area contributed by atoms with Crippen LogP contribution in [0.3, 0.4) is 0 Å². The molecule has 0 amide bonds. The van der Waals surface area contributed by atoms with E-state index in [0.717, 1.165) is 11.2 Å². The van der Waals surface area contributed by atoms with Gasteiger partial charge in [-0.05, 0) is 30.5 Å². The van der Waals surface area contributed by atoms with Gasteiger partial charge in [-0.25, -0.2) is 0 Å². The van der Waals surface area contributed by atoms with Crippen molar-refractivity contribution in [3.63, 3.8) is 0 Å². The van der Waals surface area contributed by atoms with Gasteiger partial charge in [-0.1, -0.05) is 34.6 Å². The molecule has 0 saturated carbocycles. The van der Waals surface area contributed by atoms with E-state index in [4.69, 9.17) is 12.2 Å². The summed E-state index contributed by atoms with van der Waals surface area (Å²) in [7, 11) is 0. The summed E-state index contributed by atoms with van der Waals surface area (Å²) in [5.41, 5.74) is 1.32. The Bertz CT molecular complexity index is 360. The Balaban J connectivity index is 3.21. The second-order valence-corrected chi connectivity index (χ2v) is 5.15. The summed E-state index contributed by atoms with van der Waals surface area (Å²) >= 11 is 5.36. The molecule has 1 aromatic heterocycles. The van der Waals surface area contributed by atoms with Gasteiger partial charge in [0, 0.05) is 17.9 Å². The Morgan fingerprint density at radius 1 is 1.33 bits per heavy atom. The molecule has 0 spiro atoms. The zero-order valence-electron chi connectivity index (χ0n) is 10.4. The van der Waals surface area contributed by atoms with Gasteiger partial charge in [0.05, 0.1) is 0 Å². The number of hydrogen-bond donors (Lipinski definition) is 1. The molecule has 2 nitrogen and oxygen atoms in total. The summed E-state index contributed by atoms with van der Waals surface area (Å²) in [6.45, 7) is 11.2. The van der Waals surface area contributed by atoms with Crippen LogP contribution in [0.5, 0.6) is 0 Å². The number of hydrogen-bond acceptors (Lipinski definition) is 1. The fourth-order valence-corrected chi connectivity index (χ4v) is 2.43. The summed E-state index contributed by atoms with van der Waals surface area (Å²) in [5, 5.41) is 0. The van der Waals surface area contributed by atoms with E-state index in [1.54, 1.807) is 0 Å². The van der Waals surface area contributed by atoms with Gasteiger partial charge in [0.15, 0.2) is 4.77 Å². The summed E-state index contributed by atoms with van der Waals surface area (Å²) in [5.74, 6) is 1.14. The highest BCUT2D eigenvalue weighted by molar-refractivity contribution is 7.71. The Morgan fingerprint density at radius 3 is 2.33 bits per heavy atom. The smallest absolute Gasteiger partial charge is 0.177 e. The lowest BCUT2D eigenvalue weighted by Crippen LogP contribution is -2.17. The standard InChI is InChI=1S/C12H22N2S/c1-6-10(8(2)3)14-11(9(4)5)7-13-12(14)15/h7-10H,6H2,1-5H3,(H,13,15). The molecule has 0 saturated heterocycles. The lowest BCUT2D eigenvalue weighted by atomic mass is 10.0. The average Bonchev–Trinajstić information content (AvgIpc) is 2.49. The maximum absolute atomic E-state index is 5.36. The van der Waals surface area contributed by atoms with E-state index in [9.17, 15) is 0 Å². The minimum Gasteiger partial charge on any atom is -0.337 e. The first-order valence-corrected chi connectivity index (χ1v) is 6.19. The van der Waals surface area contributed by atoms with Crippen LogP contribution in [0.2, 0.25) is 0 Å². The normalized spacial score (nSPS) is 13.8. The minimum absolute atomic E-state index is 0.515. The summed E-state index contributed by atoms with van der Waals surface area (Å²) < 4.78 is 3.16. The minimum atomic E-state index is 0.515. The van der Waals surface area contributed by atoms with E-state index in [0.29, 0.717) is 17.9 Å². The number of nitrogens with zero attached hydrogens (tertiary/aromatic N) is 1. The van der Waals surface area contributed by atoms with E-state index in [2.05, 4.69) is 50.4 Å². The SMILES string of the molecule is CCC(C(C)C)n1c(C(C)C)c[nH]c1=S. The van der Waals surface area contributed by atoms with Crippen LogP contribution < -0.4 is 0 Å². The molecule has 0 bridgehead atoms. The van der Waals surface area contributed by atoms with Crippen molar-refractivity contribution in [1.82, 2.24) is 9.55 Å². The molecule has 1 rings (SSSR count). The van der Waals surface area contributed by atoms with E-state index in [1.165, 1.54) is 5.69 Å². The van der Waals surface area contributed by atoms with Crippen LogP contribution in [0.1, 0.15) is 58.7 Å². The van der Waals surface area contributed by atoms with Crippen molar-refractivity contribution < 1.29 is 0 Å². The van der Waals surface area contributed by atoms with Crippen LogP contribution in [-0.2, 0) is 0 Å². The Hall–Kier alpha value is -0.570. The molecule has 0 radical (unpaired) electrons. The molecule has 0 aliphatic heterocycles. The van der Waals surface area contributed by atoms with E-state index in [1.807, 2.05) is 0 Å². The third-order valence-electron chi connectivity index (χ3n) is 2.95. The molecule has 1 atom stereocenters. The van der Waals surface area contributed by atoms with E-state index < -0.39 is 0 Å². The summed E-state index contributed by atoms with van der Waals surface area (Å²) in [4.78, 5) is 3.17. The number of aromatic amines is 1. The molecule has 1 aromatic rings. The topological polar surface area (TPSA) is 20.7 Å². The van der Waals surface area contributed by atoms with Gasteiger partial charge in [0.2, 0.25) is 0 Å². The van der Waals surface area contributed by atoms with Gasteiger partial charge < -0.3 is 9.55 Å². The molecule has 0 fully saturated rings. The molecular weight excluding hydrogens is 204 g/mol. The van der Waals surface area contributed by atoms with Gasteiger partial charge in [-0.15, -0.1) is 0 Å². The van der Waals surface area contributed by atoms with Gasteiger partial charge in [-0.2, -0.15) is 0 Å². The zero-order valence-corrected chi connectivity index (χ0v) is 11.2. The van der Waals surface area contributed by atoms with Crippen molar-refractivity contribution in [2.24, 2.45) is 5.92 Å². The molecule has 0 aliphatic rings. The second-order valence-electron chi connectivity index (χ2n) is 4.76.